The zero-order valence-electron chi connectivity index (χ0n) is 15.0. The number of hydrogen-bond acceptors (Lipinski definition) is 2. The summed E-state index contributed by atoms with van der Waals surface area (Å²) in [6, 6.07) is 9.40. The molecule has 1 aromatic rings. The van der Waals surface area contributed by atoms with Crippen molar-refractivity contribution >= 4 is 11.8 Å². The molecular formula is C21H29NO2. The quantitative estimate of drug-likeness (QED) is 0.655. The van der Waals surface area contributed by atoms with Gasteiger partial charge in [-0.3, -0.25) is 5.32 Å². The third-order valence-corrected chi connectivity index (χ3v) is 4.56. The van der Waals surface area contributed by atoms with E-state index < -0.39 is 0 Å². The molecule has 0 saturated heterocycles. The van der Waals surface area contributed by atoms with Crippen LogP contribution in [-0.2, 0) is 4.74 Å². The molecule has 1 amide bonds. The van der Waals surface area contributed by atoms with Gasteiger partial charge in [-0.2, -0.15) is 0 Å². The molecule has 0 fully saturated rings. The standard InChI is InChI=1S/C21H29NO2/c1-16(2)8-7-9-18-12-13-19(17(3)14-18)15-24-21(23)22-20-10-5-4-6-11-20/h4-6,8,10-12,17,19H,7,9,13-15H2,1-3H3,(H,22,23). The van der Waals surface area contributed by atoms with Crippen molar-refractivity contribution in [3.63, 3.8) is 0 Å². The summed E-state index contributed by atoms with van der Waals surface area (Å²) in [5, 5.41) is 2.76. The zero-order valence-corrected chi connectivity index (χ0v) is 15.0. The van der Waals surface area contributed by atoms with Gasteiger partial charge in [-0.25, -0.2) is 4.79 Å². The Labute approximate surface area is 145 Å². The Bertz CT molecular complexity index is 585. The average Bonchev–Trinajstić information content (AvgIpc) is 2.54. The molecule has 2 unspecified atom stereocenters. The van der Waals surface area contributed by atoms with Crippen LogP contribution in [0.1, 0.15) is 46.5 Å². The van der Waals surface area contributed by atoms with E-state index in [1.807, 2.05) is 30.3 Å². The molecule has 1 N–H and O–H groups in total. The minimum Gasteiger partial charge on any atom is -0.449 e. The maximum atomic E-state index is 11.9. The number of benzene rings is 1. The first-order chi connectivity index (χ1) is 11.5. The van der Waals surface area contributed by atoms with E-state index in [2.05, 4.69) is 38.2 Å². The molecule has 130 valence electrons. The van der Waals surface area contributed by atoms with E-state index in [1.165, 1.54) is 5.57 Å². The van der Waals surface area contributed by atoms with Crippen LogP contribution >= 0.6 is 0 Å². The lowest BCUT2D eigenvalue weighted by Crippen LogP contribution is -2.25. The highest BCUT2D eigenvalue weighted by molar-refractivity contribution is 5.84. The van der Waals surface area contributed by atoms with E-state index in [9.17, 15) is 4.79 Å². The SMILES string of the molecule is CC(C)=CCCC1=CCC(COC(=O)Nc2ccccc2)C(C)C1. The van der Waals surface area contributed by atoms with Gasteiger partial charge in [-0.15, -0.1) is 0 Å². The van der Waals surface area contributed by atoms with Crippen molar-refractivity contribution in [2.45, 2.75) is 46.5 Å². The van der Waals surface area contributed by atoms with Crippen LogP contribution in [0.3, 0.4) is 0 Å². The summed E-state index contributed by atoms with van der Waals surface area (Å²) >= 11 is 0. The molecule has 0 spiro atoms. The van der Waals surface area contributed by atoms with Gasteiger partial charge in [0.1, 0.15) is 0 Å². The van der Waals surface area contributed by atoms with Crippen LogP contribution in [0.25, 0.3) is 0 Å². The first-order valence-electron chi connectivity index (χ1n) is 8.84. The monoisotopic (exact) mass is 327 g/mol. The number of ether oxygens (including phenoxy) is 1. The molecule has 0 radical (unpaired) electrons. The van der Waals surface area contributed by atoms with Gasteiger partial charge in [0.2, 0.25) is 0 Å². The molecule has 3 nitrogen and oxygen atoms in total. The molecule has 0 heterocycles. The molecule has 1 aliphatic rings. The summed E-state index contributed by atoms with van der Waals surface area (Å²) in [4.78, 5) is 11.9. The van der Waals surface area contributed by atoms with Gasteiger partial charge in [-0.1, -0.05) is 48.4 Å². The number of para-hydroxylation sites is 1. The predicted molar refractivity (Wildman–Crippen MR) is 100 cm³/mol. The van der Waals surface area contributed by atoms with Crippen molar-refractivity contribution in [2.75, 3.05) is 11.9 Å². The van der Waals surface area contributed by atoms with E-state index in [0.29, 0.717) is 18.4 Å². The molecule has 0 aliphatic heterocycles. The Balaban J connectivity index is 1.74. The first kappa shape index (κ1) is 18.3. The van der Waals surface area contributed by atoms with Crippen LogP contribution in [0.2, 0.25) is 0 Å². The summed E-state index contributed by atoms with van der Waals surface area (Å²) in [7, 11) is 0. The maximum Gasteiger partial charge on any atom is 0.411 e. The normalized spacial score (nSPS) is 20.0. The molecule has 3 heteroatoms. The van der Waals surface area contributed by atoms with Crippen LogP contribution in [0.5, 0.6) is 0 Å². The van der Waals surface area contributed by atoms with Gasteiger partial charge < -0.3 is 4.74 Å². The van der Waals surface area contributed by atoms with Crippen molar-refractivity contribution in [3.8, 4) is 0 Å². The Morgan fingerprint density at radius 1 is 1.29 bits per heavy atom. The van der Waals surface area contributed by atoms with E-state index >= 15 is 0 Å². The van der Waals surface area contributed by atoms with Gasteiger partial charge in [0.15, 0.2) is 0 Å². The second-order valence-corrected chi connectivity index (χ2v) is 6.95. The highest BCUT2D eigenvalue weighted by atomic mass is 16.5. The lowest BCUT2D eigenvalue weighted by atomic mass is 9.80. The number of carbonyl (C=O) groups is 1. The fraction of sp³-hybridized carbons (Fsp3) is 0.476. The first-order valence-corrected chi connectivity index (χ1v) is 8.84. The predicted octanol–water partition coefficient (Wildman–Crippen LogP) is 5.95. The van der Waals surface area contributed by atoms with E-state index in [-0.39, 0.29) is 6.09 Å². The van der Waals surface area contributed by atoms with Gasteiger partial charge in [0.25, 0.3) is 0 Å². The van der Waals surface area contributed by atoms with Gasteiger partial charge in [0, 0.05) is 5.69 Å². The third kappa shape index (κ3) is 6.23. The second kappa shape index (κ2) is 9.31. The molecule has 0 aromatic heterocycles. The smallest absolute Gasteiger partial charge is 0.411 e. The molecule has 1 aromatic carbocycles. The van der Waals surface area contributed by atoms with Gasteiger partial charge in [-0.05, 0) is 63.5 Å². The summed E-state index contributed by atoms with van der Waals surface area (Å²) in [6.07, 6.45) is 8.68. The number of anilines is 1. The van der Waals surface area contributed by atoms with Crippen molar-refractivity contribution < 1.29 is 9.53 Å². The van der Waals surface area contributed by atoms with E-state index in [0.717, 1.165) is 31.4 Å². The van der Waals surface area contributed by atoms with E-state index in [4.69, 9.17) is 4.74 Å². The summed E-state index contributed by atoms with van der Waals surface area (Å²) in [5.41, 5.74) is 3.70. The molecular weight excluding hydrogens is 298 g/mol. The topological polar surface area (TPSA) is 38.3 Å². The Kier molecular flexibility index (Phi) is 7.10. The molecule has 0 bridgehead atoms. The lowest BCUT2D eigenvalue weighted by Gasteiger charge is -2.28. The molecule has 24 heavy (non-hydrogen) atoms. The molecule has 2 rings (SSSR count). The number of amides is 1. The van der Waals surface area contributed by atoms with Gasteiger partial charge >= 0.3 is 6.09 Å². The Morgan fingerprint density at radius 3 is 2.71 bits per heavy atom. The number of rotatable bonds is 6. The minimum atomic E-state index is -0.369. The van der Waals surface area contributed by atoms with Crippen LogP contribution in [-0.4, -0.2) is 12.7 Å². The second-order valence-electron chi connectivity index (χ2n) is 6.95. The number of carbonyl (C=O) groups excluding carboxylic acids is 1. The van der Waals surface area contributed by atoms with Crippen LogP contribution in [0, 0.1) is 11.8 Å². The van der Waals surface area contributed by atoms with Crippen LogP contribution in [0.15, 0.2) is 53.6 Å². The van der Waals surface area contributed by atoms with Crippen molar-refractivity contribution in [3.05, 3.63) is 53.6 Å². The Hall–Kier alpha value is -2.03. The number of nitrogens with one attached hydrogen (secondary N) is 1. The fourth-order valence-electron chi connectivity index (χ4n) is 3.05. The van der Waals surface area contributed by atoms with E-state index in [1.54, 1.807) is 5.57 Å². The molecule has 2 atom stereocenters. The number of hydrogen-bond donors (Lipinski definition) is 1. The van der Waals surface area contributed by atoms with Gasteiger partial charge in [0.05, 0.1) is 6.61 Å². The average molecular weight is 327 g/mol. The zero-order chi connectivity index (χ0) is 17.4. The maximum absolute atomic E-state index is 11.9. The van der Waals surface area contributed by atoms with Crippen molar-refractivity contribution in [1.29, 1.82) is 0 Å². The number of allylic oxidation sites excluding steroid dienone is 4. The largest absolute Gasteiger partial charge is 0.449 e. The van der Waals surface area contributed by atoms with Crippen molar-refractivity contribution in [2.24, 2.45) is 11.8 Å². The summed E-state index contributed by atoms with van der Waals surface area (Å²) < 4.78 is 5.41. The lowest BCUT2D eigenvalue weighted by molar-refractivity contribution is 0.122. The highest BCUT2D eigenvalue weighted by Crippen LogP contribution is 2.31. The summed E-state index contributed by atoms with van der Waals surface area (Å²) in [5.74, 6) is 0.972. The van der Waals surface area contributed by atoms with Crippen LogP contribution < -0.4 is 5.32 Å². The summed E-state index contributed by atoms with van der Waals surface area (Å²) in [6.45, 7) is 7.03. The van der Waals surface area contributed by atoms with Crippen molar-refractivity contribution in [1.82, 2.24) is 0 Å². The minimum absolute atomic E-state index is 0.369. The Morgan fingerprint density at radius 2 is 2.04 bits per heavy atom. The highest BCUT2D eigenvalue weighted by Gasteiger charge is 2.23. The molecule has 0 saturated carbocycles. The third-order valence-electron chi connectivity index (χ3n) is 4.56. The molecule has 1 aliphatic carbocycles. The fourth-order valence-corrected chi connectivity index (χ4v) is 3.05. The van der Waals surface area contributed by atoms with Crippen LogP contribution in [0.4, 0.5) is 10.5 Å².